The Morgan fingerprint density at radius 3 is 2.58 bits per heavy atom. The van der Waals surface area contributed by atoms with Crippen LogP contribution >= 0.6 is 0 Å². The molecule has 0 fully saturated rings. The average molecular weight is 319 g/mol. The third kappa shape index (κ3) is 3.11. The lowest BCUT2D eigenvalue weighted by Gasteiger charge is -2.15. The van der Waals surface area contributed by atoms with Crippen molar-refractivity contribution in [2.45, 2.75) is 20.8 Å². The fraction of sp³-hybridized carbons (Fsp3) is 0.190. The number of anilines is 1. The quantitative estimate of drug-likeness (QED) is 0.726. The maximum absolute atomic E-state index is 13.0. The molecule has 0 spiro atoms. The minimum atomic E-state index is -0.151. The zero-order valence-electron chi connectivity index (χ0n) is 14.2. The molecule has 3 nitrogen and oxygen atoms in total. The first kappa shape index (κ1) is 16.1. The van der Waals surface area contributed by atoms with Gasteiger partial charge in [-0.1, -0.05) is 48.0 Å². The molecule has 1 amide bonds. The molecule has 0 saturated carbocycles. The van der Waals surface area contributed by atoms with Gasteiger partial charge in [-0.15, -0.1) is 0 Å². The van der Waals surface area contributed by atoms with Gasteiger partial charge in [0.15, 0.2) is 0 Å². The number of hydrogen-bond donors (Lipinski definition) is 1. The van der Waals surface area contributed by atoms with Gasteiger partial charge in [0, 0.05) is 5.69 Å². The molecule has 24 heavy (non-hydrogen) atoms. The van der Waals surface area contributed by atoms with Gasteiger partial charge in [-0.2, -0.15) is 0 Å². The predicted molar refractivity (Wildman–Crippen MR) is 99.0 cm³/mol. The van der Waals surface area contributed by atoms with E-state index >= 15 is 0 Å². The van der Waals surface area contributed by atoms with E-state index in [-0.39, 0.29) is 5.91 Å². The summed E-state index contributed by atoms with van der Waals surface area (Å²) in [6, 6.07) is 17.7. The Morgan fingerprint density at radius 2 is 1.83 bits per heavy atom. The fourth-order valence-electron chi connectivity index (χ4n) is 2.90. The van der Waals surface area contributed by atoms with Crippen LogP contribution in [0.1, 0.15) is 28.4 Å². The Balaban J connectivity index is 2.06. The van der Waals surface area contributed by atoms with Crippen LogP contribution in [-0.4, -0.2) is 12.5 Å². The summed E-state index contributed by atoms with van der Waals surface area (Å²) in [4.78, 5) is 13.0. The number of rotatable bonds is 4. The van der Waals surface area contributed by atoms with Crippen LogP contribution in [0.5, 0.6) is 5.75 Å². The van der Waals surface area contributed by atoms with Crippen LogP contribution in [0.15, 0.2) is 54.6 Å². The Hall–Kier alpha value is -2.81. The Morgan fingerprint density at radius 1 is 1.04 bits per heavy atom. The average Bonchev–Trinajstić information content (AvgIpc) is 2.57. The van der Waals surface area contributed by atoms with Crippen molar-refractivity contribution >= 4 is 22.4 Å². The summed E-state index contributed by atoms with van der Waals surface area (Å²) in [7, 11) is 0. The summed E-state index contributed by atoms with van der Waals surface area (Å²) >= 11 is 0. The van der Waals surface area contributed by atoms with Gasteiger partial charge < -0.3 is 10.1 Å². The summed E-state index contributed by atoms with van der Waals surface area (Å²) in [6.45, 7) is 6.47. The molecule has 0 atom stereocenters. The lowest BCUT2D eigenvalue weighted by atomic mass is 10.0. The predicted octanol–water partition coefficient (Wildman–Crippen LogP) is 5.11. The summed E-state index contributed by atoms with van der Waals surface area (Å²) in [5.41, 5.74) is 3.61. The molecule has 1 N–H and O–H groups in total. The van der Waals surface area contributed by atoms with E-state index in [2.05, 4.69) is 11.4 Å². The van der Waals surface area contributed by atoms with Crippen molar-refractivity contribution < 1.29 is 9.53 Å². The Labute approximate surface area is 142 Å². The van der Waals surface area contributed by atoms with Crippen LogP contribution in [-0.2, 0) is 0 Å². The summed E-state index contributed by atoms with van der Waals surface area (Å²) in [5, 5.41) is 4.94. The van der Waals surface area contributed by atoms with Gasteiger partial charge in [-0.3, -0.25) is 4.79 Å². The number of amides is 1. The molecule has 122 valence electrons. The van der Waals surface area contributed by atoms with E-state index in [1.165, 1.54) is 5.56 Å². The summed E-state index contributed by atoms with van der Waals surface area (Å²) < 4.78 is 5.69. The molecule has 3 aromatic carbocycles. The number of aryl methyl sites for hydroxylation is 2. The normalized spacial score (nSPS) is 10.6. The molecule has 0 unspecified atom stereocenters. The SMILES string of the molecule is CCOc1ccc2ccccc2c1C(=O)Nc1ccc(C)cc1C. The second-order valence-corrected chi connectivity index (χ2v) is 5.87. The van der Waals surface area contributed by atoms with Crippen LogP contribution in [0.25, 0.3) is 10.8 Å². The van der Waals surface area contributed by atoms with Crippen molar-refractivity contribution in [3.8, 4) is 5.75 Å². The van der Waals surface area contributed by atoms with E-state index < -0.39 is 0 Å². The van der Waals surface area contributed by atoms with Crippen LogP contribution in [0.4, 0.5) is 5.69 Å². The highest BCUT2D eigenvalue weighted by molar-refractivity contribution is 6.15. The van der Waals surface area contributed by atoms with Gasteiger partial charge in [0.2, 0.25) is 0 Å². The molecule has 3 aromatic rings. The van der Waals surface area contributed by atoms with Crippen molar-refractivity contribution in [3.63, 3.8) is 0 Å². The third-order valence-corrected chi connectivity index (χ3v) is 4.05. The van der Waals surface area contributed by atoms with Crippen LogP contribution < -0.4 is 10.1 Å². The van der Waals surface area contributed by atoms with Crippen molar-refractivity contribution in [1.29, 1.82) is 0 Å². The maximum Gasteiger partial charge on any atom is 0.260 e. The van der Waals surface area contributed by atoms with Crippen LogP contribution in [0.2, 0.25) is 0 Å². The number of ether oxygens (including phenoxy) is 1. The molecule has 3 rings (SSSR count). The van der Waals surface area contributed by atoms with E-state index in [9.17, 15) is 4.79 Å². The second-order valence-electron chi connectivity index (χ2n) is 5.87. The molecule has 0 heterocycles. The van der Waals surface area contributed by atoms with E-state index in [1.807, 2.05) is 69.3 Å². The molecule has 0 saturated heterocycles. The maximum atomic E-state index is 13.0. The monoisotopic (exact) mass is 319 g/mol. The fourth-order valence-corrected chi connectivity index (χ4v) is 2.90. The molecule has 0 radical (unpaired) electrons. The first-order valence-electron chi connectivity index (χ1n) is 8.13. The molecular formula is C21H21NO2. The third-order valence-electron chi connectivity index (χ3n) is 4.05. The van der Waals surface area contributed by atoms with Gasteiger partial charge in [0.1, 0.15) is 5.75 Å². The van der Waals surface area contributed by atoms with E-state index in [0.717, 1.165) is 22.0 Å². The lowest BCUT2D eigenvalue weighted by Crippen LogP contribution is -2.15. The molecule has 0 aliphatic heterocycles. The Bertz CT molecular complexity index is 899. The minimum Gasteiger partial charge on any atom is -0.493 e. The van der Waals surface area contributed by atoms with E-state index in [0.29, 0.717) is 17.9 Å². The number of carbonyl (C=O) groups is 1. The standard InChI is InChI=1S/C21H21NO2/c1-4-24-19-12-10-16-7-5-6-8-17(16)20(19)21(23)22-18-11-9-14(2)13-15(18)3/h5-13H,4H2,1-3H3,(H,22,23). The largest absolute Gasteiger partial charge is 0.493 e. The van der Waals surface area contributed by atoms with E-state index in [1.54, 1.807) is 0 Å². The number of fused-ring (bicyclic) bond motifs is 1. The summed E-state index contributed by atoms with van der Waals surface area (Å²) in [5.74, 6) is 0.459. The van der Waals surface area contributed by atoms with E-state index in [4.69, 9.17) is 4.74 Å². The minimum absolute atomic E-state index is 0.151. The topological polar surface area (TPSA) is 38.3 Å². The van der Waals surface area contributed by atoms with Gasteiger partial charge in [-0.05, 0) is 49.2 Å². The summed E-state index contributed by atoms with van der Waals surface area (Å²) in [6.07, 6.45) is 0. The first-order chi connectivity index (χ1) is 11.6. The first-order valence-corrected chi connectivity index (χ1v) is 8.13. The van der Waals surface area contributed by atoms with Crippen molar-refractivity contribution in [1.82, 2.24) is 0 Å². The highest BCUT2D eigenvalue weighted by atomic mass is 16.5. The number of nitrogens with one attached hydrogen (secondary N) is 1. The molecule has 0 aromatic heterocycles. The second kappa shape index (κ2) is 6.75. The molecule has 0 bridgehead atoms. The number of carbonyl (C=O) groups excluding carboxylic acids is 1. The van der Waals surface area contributed by atoms with Gasteiger partial charge in [0.25, 0.3) is 5.91 Å². The Kier molecular flexibility index (Phi) is 4.52. The molecule has 3 heteroatoms. The van der Waals surface area contributed by atoms with Crippen LogP contribution in [0, 0.1) is 13.8 Å². The van der Waals surface area contributed by atoms with Gasteiger partial charge >= 0.3 is 0 Å². The number of benzene rings is 3. The zero-order chi connectivity index (χ0) is 17.1. The zero-order valence-corrected chi connectivity index (χ0v) is 14.2. The molecule has 0 aliphatic carbocycles. The van der Waals surface area contributed by atoms with Crippen molar-refractivity contribution in [2.75, 3.05) is 11.9 Å². The van der Waals surface area contributed by atoms with Crippen molar-refractivity contribution in [3.05, 3.63) is 71.3 Å². The smallest absolute Gasteiger partial charge is 0.260 e. The molecule has 0 aliphatic rings. The highest BCUT2D eigenvalue weighted by Gasteiger charge is 2.17. The van der Waals surface area contributed by atoms with Crippen molar-refractivity contribution in [2.24, 2.45) is 0 Å². The van der Waals surface area contributed by atoms with Gasteiger partial charge in [0.05, 0.1) is 12.2 Å². The molecular weight excluding hydrogens is 298 g/mol. The van der Waals surface area contributed by atoms with Gasteiger partial charge in [-0.25, -0.2) is 0 Å². The number of hydrogen-bond acceptors (Lipinski definition) is 2. The van der Waals surface area contributed by atoms with Crippen LogP contribution in [0.3, 0.4) is 0 Å². The lowest BCUT2D eigenvalue weighted by molar-refractivity contribution is 0.102. The highest BCUT2D eigenvalue weighted by Crippen LogP contribution is 2.29.